The molecule has 1 aromatic rings. The van der Waals surface area contributed by atoms with Gasteiger partial charge in [0.25, 0.3) is 5.69 Å². The van der Waals surface area contributed by atoms with Crippen LogP contribution < -0.4 is 5.32 Å². The molecule has 0 spiro atoms. The highest BCUT2D eigenvalue weighted by Gasteiger charge is 2.15. The number of benzene rings is 1. The van der Waals surface area contributed by atoms with Crippen LogP contribution >= 0.6 is 23.4 Å². The molecule has 0 aliphatic carbocycles. The molecule has 1 fully saturated rings. The van der Waals surface area contributed by atoms with Gasteiger partial charge in [0.15, 0.2) is 0 Å². The number of nitrogens with zero attached hydrogens (tertiary/aromatic N) is 1. The maximum Gasteiger partial charge on any atom is 0.270 e. The Hall–Kier alpha value is -0.780. The van der Waals surface area contributed by atoms with Crippen LogP contribution in [0.15, 0.2) is 18.2 Å². The monoisotopic (exact) mass is 272 g/mol. The minimum Gasteiger partial charge on any atom is -0.309 e. The molecule has 0 bridgehead atoms. The number of halogens is 1. The minimum absolute atomic E-state index is 0.0372. The fourth-order valence-corrected chi connectivity index (χ4v) is 3.17. The lowest BCUT2D eigenvalue weighted by Crippen LogP contribution is -2.28. The summed E-state index contributed by atoms with van der Waals surface area (Å²) >= 11 is 7.95. The van der Waals surface area contributed by atoms with Crippen LogP contribution in [0.1, 0.15) is 12.0 Å². The Balaban J connectivity index is 1.98. The summed E-state index contributed by atoms with van der Waals surface area (Å²) in [6.45, 7) is 0.669. The van der Waals surface area contributed by atoms with E-state index in [2.05, 4.69) is 5.32 Å². The Morgan fingerprint density at radius 3 is 3.00 bits per heavy atom. The van der Waals surface area contributed by atoms with Gasteiger partial charge in [0.1, 0.15) is 0 Å². The van der Waals surface area contributed by atoms with Crippen molar-refractivity contribution in [2.24, 2.45) is 0 Å². The number of hydrogen-bond donors (Lipinski definition) is 1. The first kappa shape index (κ1) is 12.7. The largest absolute Gasteiger partial charge is 0.309 e. The molecule has 1 atom stereocenters. The molecule has 1 aliphatic heterocycles. The highest BCUT2D eigenvalue weighted by Crippen LogP contribution is 2.23. The molecular formula is C11H13ClN2O2S. The standard InChI is InChI=1S/C11H13ClN2O2S/c12-11-5-10(14(15)16)2-1-8(11)6-13-9-3-4-17-7-9/h1-2,5,9,13H,3-4,6-7H2. The molecule has 0 amide bonds. The van der Waals surface area contributed by atoms with Gasteiger partial charge in [0, 0.05) is 30.5 Å². The van der Waals surface area contributed by atoms with Crippen LogP contribution in [-0.2, 0) is 6.54 Å². The van der Waals surface area contributed by atoms with Crippen molar-refractivity contribution in [2.75, 3.05) is 11.5 Å². The van der Waals surface area contributed by atoms with Crippen LogP contribution in [0.4, 0.5) is 5.69 Å². The summed E-state index contributed by atoms with van der Waals surface area (Å²) in [6.07, 6.45) is 1.18. The van der Waals surface area contributed by atoms with E-state index in [0.717, 1.165) is 11.3 Å². The van der Waals surface area contributed by atoms with Crippen molar-refractivity contribution in [2.45, 2.75) is 19.0 Å². The van der Waals surface area contributed by atoms with Crippen molar-refractivity contribution < 1.29 is 4.92 Å². The van der Waals surface area contributed by atoms with Crippen LogP contribution in [0.2, 0.25) is 5.02 Å². The lowest BCUT2D eigenvalue weighted by molar-refractivity contribution is -0.384. The number of non-ortho nitro benzene ring substituents is 1. The van der Waals surface area contributed by atoms with Crippen LogP contribution in [0.5, 0.6) is 0 Å². The molecule has 1 N–H and O–H groups in total. The van der Waals surface area contributed by atoms with E-state index in [4.69, 9.17) is 11.6 Å². The van der Waals surface area contributed by atoms with E-state index >= 15 is 0 Å². The van der Waals surface area contributed by atoms with Gasteiger partial charge in [-0.3, -0.25) is 10.1 Å². The molecule has 1 unspecified atom stereocenters. The number of rotatable bonds is 4. The molecule has 17 heavy (non-hydrogen) atoms. The highest BCUT2D eigenvalue weighted by atomic mass is 35.5. The Morgan fingerprint density at radius 2 is 2.41 bits per heavy atom. The van der Waals surface area contributed by atoms with Gasteiger partial charge >= 0.3 is 0 Å². The Morgan fingerprint density at radius 1 is 1.59 bits per heavy atom. The summed E-state index contributed by atoms with van der Waals surface area (Å²) in [7, 11) is 0. The van der Waals surface area contributed by atoms with Gasteiger partial charge in [-0.25, -0.2) is 0 Å². The maximum absolute atomic E-state index is 10.6. The molecular weight excluding hydrogens is 260 g/mol. The highest BCUT2D eigenvalue weighted by molar-refractivity contribution is 7.99. The molecule has 4 nitrogen and oxygen atoms in total. The quantitative estimate of drug-likeness (QED) is 0.676. The second-order valence-corrected chi connectivity index (χ2v) is 5.53. The topological polar surface area (TPSA) is 55.2 Å². The summed E-state index contributed by atoms with van der Waals surface area (Å²) in [5.41, 5.74) is 0.948. The van der Waals surface area contributed by atoms with E-state index < -0.39 is 4.92 Å². The van der Waals surface area contributed by atoms with Crippen LogP contribution in [0, 0.1) is 10.1 Å². The Bertz CT molecular complexity index is 422. The molecule has 1 saturated heterocycles. The van der Waals surface area contributed by atoms with Crippen molar-refractivity contribution in [1.29, 1.82) is 0 Å². The second-order valence-electron chi connectivity index (χ2n) is 3.97. The van der Waals surface area contributed by atoms with E-state index in [1.165, 1.54) is 24.3 Å². The zero-order valence-electron chi connectivity index (χ0n) is 9.19. The predicted octanol–water partition coefficient (Wildman–Crippen LogP) is 2.84. The average Bonchev–Trinajstić information content (AvgIpc) is 2.80. The first-order valence-corrected chi connectivity index (χ1v) is 6.94. The van der Waals surface area contributed by atoms with Crippen molar-refractivity contribution in [1.82, 2.24) is 5.32 Å². The second kappa shape index (κ2) is 5.71. The van der Waals surface area contributed by atoms with E-state index in [0.29, 0.717) is 17.6 Å². The van der Waals surface area contributed by atoms with Gasteiger partial charge < -0.3 is 5.32 Å². The van der Waals surface area contributed by atoms with E-state index in [-0.39, 0.29) is 5.69 Å². The van der Waals surface area contributed by atoms with Crippen LogP contribution in [0.25, 0.3) is 0 Å². The molecule has 1 aromatic carbocycles. The number of hydrogen-bond acceptors (Lipinski definition) is 4. The SMILES string of the molecule is O=[N+]([O-])c1ccc(CNC2CCSC2)c(Cl)c1. The molecule has 0 radical (unpaired) electrons. The van der Waals surface area contributed by atoms with Crippen LogP contribution in [-0.4, -0.2) is 22.5 Å². The number of nitrogens with one attached hydrogen (secondary N) is 1. The van der Waals surface area contributed by atoms with E-state index in [9.17, 15) is 10.1 Å². The van der Waals surface area contributed by atoms with Crippen molar-refractivity contribution >= 4 is 29.1 Å². The third kappa shape index (κ3) is 3.34. The lowest BCUT2D eigenvalue weighted by atomic mass is 10.2. The van der Waals surface area contributed by atoms with Gasteiger partial charge in [0.05, 0.1) is 9.95 Å². The van der Waals surface area contributed by atoms with Gasteiger partial charge in [-0.1, -0.05) is 11.6 Å². The van der Waals surface area contributed by atoms with E-state index in [1.807, 2.05) is 11.8 Å². The Kier molecular flexibility index (Phi) is 4.25. The third-order valence-corrected chi connectivity index (χ3v) is 4.27. The zero-order valence-corrected chi connectivity index (χ0v) is 10.8. The number of thioether (sulfide) groups is 1. The molecule has 0 aromatic heterocycles. The lowest BCUT2D eigenvalue weighted by Gasteiger charge is -2.11. The molecule has 2 rings (SSSR count). The number of nitro groups is 1. The predicted molar refractivity (Wildman–Crippen MR) is 70.7 cm³/mol. The molecule has 6 heteroatoms. The van der Waals surface area contributed by atoms with Gasteiger partial charge in [0.2, 0.25) is 0 Å². The van der Waals surface area contributed by atoms with Crippen LogP contribution in [0.3, 0.4) is 0 Å². The van der Waals surface area contributed by atoms with Gasteiger partial charge in [-0.2, -0.15) is 11.8 Å². The first-order valence-electron chi connectivity index (χ1n) is 5.41. The number of nitro benzene ring substituents is 1. The zero-order chi connectivity index (χ0) is 12.3. The van der Waals surface area contributed by atoms with Crippen molar-refractivity contribution in [3.8, 4) is 0 Å². The summed E-state index contributed by atoms with van der Waals surface area (Å²) < 4.78 is 0. The molecule has 0 saturated carbocycles. The smallest absolute Gasteiger partial charge is 0.270 e. The molecule has 92 valence electrons. The van der Waals surface area contributed by atoms with Crippen molar-refractivity contribution in [3.05, 3.63) is 38.9 Å². The fraction of sp³-hybridized carbons (Fsp3) is 0.455. The molecule has 1 heterocycles. The Labute approximate surface area is 109 Å². The average molecular weight is 273 g/mol. The third-order valence-electron chi connectivity index (χ3n) is 2.76. The summed E-state index contributed by atoms with van der Waals surface area (Å²) in [5.74, 6) is 2.33. The summed E-state index contributed by atoms with van der Waals surface area (Å²) in [5, 5.41) is 14.4. The van der Waals surface area contributed by atoms with Gasteiger partial charge in [-0.15, -0.1) is 0 Å². The minimum atomic E-state index is -0.434. The molecule has 1 aliphatic rings. The maximum atomic E-state index is 10.6. The van der Waals surface area contributed by atoms with Gasteiger partial charge in [-0.05, 0) is 23.8 Å². The summed E-state index contributed by atoms with van der Waals surface area (Å²) in [6, 6.07) is 5.15. The summed E-state index contributed by atoms with van der Waals surface area (Å²) in [4.78, 5) is 10.1. The van der Waals surface area contributed by atoms with Crippen molar-refractivity contribution in [3.63, 3.8) is 0 Å². The first-order chi connectivity index (χ1) is 8.16. The fourth-order valence-electron chi connectivity index (χ4n) is 1.74. The normalized spacial score (nSPS) is 19.5. The van der Waals surface area contributed by atoms with E-state index in [1.54, 1.807) is 6.07 Å².